The zero-order chi connectivity index (χ0) is 24.5. The van der Waals surface area contributed by atoms with E-state index >= 15 is 0 Å². The van der Waals surface area contributed by atoms with Crippen molar-refractivity contribution in [3.63, 3.8) is 0 Å². The highest BCUT2D eigenvalue weighted by Crippen LogP contribution is 2.32. The van der Waals surface area contributed by atoms with Gasteiger partial charge in [0.25, 0.3) is 5.91 Å². The number of aliphatic hydroxyl groups excluding tert-OH is 1. The summed E-state index contributed by atoms with van der Waals surface area (Å²) in [6.07, 6.45) is 3.53. The minimum absolute atomic E-state index is 0.00430. The Morgan fingerprint density at radius 1 is 1.26 bits per heavy atom. The van der Waals surface area contributed by atoms with E-state index in [1.807, 2.05) is 49.9 Å². The van der Waals surface area contributed by atoms with Gasteiger partial charge in [-0.3, -0.25) is 4.79 Å². The predicted octanol–water partition coefficient (Wildman–Crippen LogP) is 3.57. The van der Waals surface area contributed by atoms with Crippen LogP contribution >= 0.6 is 11.6 Å². The molecule has 0 aliphatic carbocycles. The van der Waals surface area contributed by atoms with Crippen molar-refractivity contribution >= 4 is 23.2 Å². The van der Waals surface area contributed by atoms with Gasteiger partial charge in [0.1, 0.15) is 0 Å². The predicted molar refractivity (Wildman–Crippen MR) is 130 cm³/mol. The number of benzene rings is 1. The van der Waals surface area contributed by atoms with Gasteiger partial charge in [-0.05, 0) is 51.0 Å². The van der Waals surface area contributed by atoms with Crippen molar-refractivity contribution in [1.82, 2.24) is 19.5 Å². The number of aliphatic hydroxyl groups is 1. The van der Waals surface area contributed by atoms with Crippen LogP contribution in [0, 0.1) is 0 Å². The van der Waals surface area contributed by atoms with E-state index in [4.69, 9.17) is 21.1 Å². The average Bonchev–Trinajstić information content (AvgIpc) is 3.22. The van der Waals surface area contributed by atoms with Gasteiger partial charge in [0.15, 0.2) is 17.2 Å². The first-order valence-electron chi connectivity index (χ1n) is 11.4. The van der Waals surface area contributed by atoms with Crippen molar-refractivity contribution in [2.45, 2.75) is 51.2 Å². The van der Waals surface area contributed by atoms with E-state index < -0.39 is 11.1 Å². The maximum Gasteiger partial charge on any atom is 0.256 e. The largest absolute Gasteiger partial charge is 0.493 e. The first-order chi connectivity index (χ1) is 16.1. The molecule has 1 aliphatic heterocycles. The van der Waals surface area contributed by atoms with E-state index in [9.17, 15) is 9.90 Å². The van der Waals surface area contributed by atoms with Crippen LogP contribution in [0.25, 0.3) is 5.65 Å². The Bertz CT molecular complexity index is 1190. The van der Waals surface area contributed by atoms with Gasteiger partial charge in [-0.25, -0.2) is 9.50 Å². The number of methoxy groups -OCH3 is 1. The second-order valence-corrected chi connectivity index (χ2v) is 10.1. The van der Waals surface area contributed by atoms with Crippen molar-refractivity contribution in [2.24, 2.45) is 0 Å². The van der Waals surface area contributed by atoms with Crippen molar-refractivity contribution in [3.05, 3.63) is 58.5 Å². The fourth-order valence-corrected chi connectivity index (χ4v) is 4.45. The number of carbonyl (C=O) groups is 1. The van der Waals surface area contributed by atoms with E-state index in [2.05, 4.69) is 10.1 Å². The molecule has 9 heteroatoms. The molecule has 1 saturated heterocycles. The maximum atomic E-state index is 13.6. The smallest absolute Gasteiger partial charge is 0.256 e. The quantitative estimate of drug-likeness (QED) is 0.549. The fourth-order valence-electron chi connectivity index (χ4n) is 4.24. The third-order valence-electron chi connectivity index (χ3n) is 6.32. The number of rotatable bonds is 7. The lowest BCUT2D eigenvalue weighted by Gasteiger charge is -2.49. The topological polar surface area (TPSA) is 89.2 Å². The summed E-state index contributed by atoms with van der Waals surface area (Å²) >= 11 is 6.09. The van der Waals surface area contributed by atoms with Crippen LogP contribution in [-0.4, -0.2) is 68.5 Å². The third kappa shape index (κ3) is 5.04. The molecule has 2 aromatic heterocycles. The van der Waals surface area contributed by atoms with Crippen molar-refractivity contribution < 1.29 is 19.4 Å². The molecule has 34 heavy (non-hydrogen) atoms. The fraction of sp³-hybridized carbons (Fsp3) is 0.480. The van der Waals surface area contributed by atoms with Crippen LogP contribution in [0.15, 0.2) is 36.5 Å². The van der Waals surface area contributed by atoms with Gasteiger partial charge in [-0.2, -0.15) is 5.10 Å². The van der Waals surface area contributed by atoms with Gasteiger partial charge in [0, 0.05) is 30.7 Å². The van der Waals surface area contributed by atoms with Crippen LogP contribution in [0.5, 0.6) is 5.75 Å². The van der Waals surface area contributed by atoms with Gasteiger partial charge in [0.2, 0.25) is 0 Å². The summed E-state index contributed by atoms with van der Waals surface area (Å²) in [5.41, 5.74) is 1.02. The minimum Gasteiger partial charge on any atom is -0.493 e. The Morgan fingerprint density at radius 3 is 2.76 bits per heavy atom. The van der Waals surface area contributed by atoms with E-state index in [1.165, 1.54) is 0 Å². The summed E-state index contributed by atoms with van der Waals surface area (Å²) < 4.78 is 13.2. The summed E-state index contributed by atoms with van der Waals surface area (Å²) in [6.45, 7) is 6.63. The molecule has 1 unspecified atom stereocenters. The number of fused-ring (bicyclic) bond motifs is 1. The van der Waals surface area contributed by atoms with Crippen LogP contribution in [0.1, 0.15) is 48.9 Å². The molecule has 1 fully saturated rings. The first-order valence-corrected chi connectivity index (χ1v) is 11.8. The molecule has 0 radical (unpaired) electrons. The number of halogens is 1. The highest BCUT2D eigenvalue weighted by Gasteiger charge is 2.43. The normalized spacial score (nSPS) is 20.0. The lowest BCUT2D eigenvalue weighted by atomic mass is 9.92. The molecule has 8 nitrogen and oxygen atoms in total. The van der Waals surface area contributed by atoms with E-state index in [0.717, 1.165) is 12.0 Å². The molecule has 1 N–H and O–H groups in total. The molecule has 4 rings (SSSR count). The third-order valence-corrected chi connectivity index (χ3v) is 6.55. The van der Waals surface area contributed by atoms with Gasteiger partial charge in [-0.1, -0.05) is 23.7 Å². The molecular formula is C25H31ClN4O4. The maximum absolute atomic E-state index is 13.6. The molecule has 1 atom stereocenters. The number of carbonyl (C=O) groups excluding carboxylic acids is 1. The van der Waals surface area contributed by atoms with Crippen molar-refractivity contribution in [1.29, 1.82) is 0 Å². The van der Waals surface area contributed by atoms with Gasteiger partial charge >= 0.3 is 0 Å². The van der Waals surface area contributed by atoms with Gasteiger partial charge < -0.3 is 19.5 Å². The first kappa shape index (κ1) is 24.4. The highest BCUT2D eigenvalue weighted by molar-refractivity contribution is 6.30. The summed E-state index contributed by atoms with van der Waals surface area (Å²) in [7, 11) is 1.56. The molecule has 0 saturated carbocycles. The van der Waals surface area contributed by atoms with Crippen LogP contribution in [0.3, 0.4) is 0 Å². The number of morpholine rings is 1. The zero-order valence-corrected chi connectivity index (χ0v) is 20.8. The highest BCUT2D eigenvalue weighted by atomic mass is 35.5. The Hall–Kier alpha value is -2.68. The Balaban J connectivity index is 1.61. The van der Waals surface area contributed by atoms with E-state index in [0.29, 0.717) is 53.8 Å². The Morgan fingerprint density at radius 2 is 2.06 bits per heavy atom. The van der Waals surface area contributed by atoms with E-state index in [-0.39, 0.29) is 12.5 Å². The molecule has 3 heterocycles. The van der Waals surface area contributed by atoms with Gasteiger partial charge in [-0.15, -0.1) is 0 Å². The van der Waals surface area contributed by atoms with Crippen LogP contribution in [0.2, 0.25) is 5.02 Å². The number of aromatic nitrogens is 3. The number of hydrogen-bond donors (Lipinski definition) is 1. The zero-order valence-electron chi connectivity index (χ0n) is 20.0. The van der Waals surface area contributed by atoms with E-state index in [1.54, 1.807) is 23.9 Å². The lowest BCUT2D eigenvalue weighted by Crippen LogP contribution is -2.62. The second-order valence-electron chi connectivity index (χ2n) is 9.64. The Kier molecular flexibility index (Phi) is 6.85. The summed E-state index contributed by atoms with van der Waals surface area (Å²) in [4.78, 5) is 20.1. The molecule has 3 aromatic rings. The number of aryl methyl sites for hydroxylation is 2. The van der Waals surface area contributed by atoms with Crippen LogP contribution in [-0.2, 0) is 17.6 Å². The van der Waals surface area contributed by atoms with Crippen molar-refractivity contribution in [3.8, 4) is 5.75 Å². The number of amides is 1. The monoisotopic (exact) mass is 486 g/mol. The van der Waals surface area contributed by atoms with Crippen LogP contribution < -0.4 is 4.74 Å². The summed E-state index contributed by atoms with van der Waals surface area (Å²) in [6, 6.07) is 9.44. The minimum atomic E-state index is -0.602. The van der Waals surface area contributed by atoms with Crippen LogP contribution in [0.4, 0.5) is 0 Å². The standard InChI is InChI=1S/C25H31ClN4O4/c1-24(2)16-34-25(3,10-11-31)15-29(24)23(32)18-13-20(33-4)22-27-21(28-30(22)14-18)9-8-17-6-5-7-19(26)12-17/h5-7,12-14,31H,8-11,15-16H2,1-4H3. The van der Waals surface area contributed by atoms with Crippen molar-refractivity contribution in [2.75, 3.05) is 26.9 Å². The molecule has 182 valence electrons. The number of nitrogens with zero attached hydrogens (tertiary/aromatic N) is 4. The SMILES string of the molecule is COc1cc(C(=O)N2CC(C)(CCO)OCC2(C)C)cn2nc(CCc3cccc(Cl)c3)nc12. The molecule has 0 spiro atoms. The summed E-state index contributed by atoms with van der Waals surface area (Å²) in [5.74, 6) is 0.996. The molecular weight excluding hydrogens is 456 g/mol. The number of pyridine rings is 1. The lowest BCUT2D eigenvalue weighted by molar-refractivity contribution is -0.144. The van der Waals surface area contributed by atoms with Gasteiger partial charge in [0.05, 0.1) is 37.0 Å². The molecule has 1 aliphatic rings. The summed E-state index contributed by atoms with van der Waals surface area (Å²) in [5, 5.41) is 14.8. The average molecular weight is 487 g/mol. The molecule has 1 amide bonds. The molecule has 1 aromatic carbocycles. The second kappa shape index (κ2) is 9.52. The number of ether oxygens (including phenoxy) is 2. The Labute approximate surface area is 204 Å². The number of hydrogen-bond acceptors (Lipinski definition) is 6. The molecule has 0 bridgehead atoms.